The predicted molar refractivity (Wildman–Crippen MR) is 82.6 cm³/mol. The van der Waals surface area contributed by atoms with Gasteiger partial charge in [0.1, 0.15) is 12.3 Å². The van der Waals surface area contributed by atoms with Gasteiger partial charge in [-0.15, -0.1) is 0 Å². The number of esters is 1. The van der Waals surface area contributed by atoms with Gasteiger partial charge in [-0.2, -0.15) is 13.2 Å². The van der Waals surface area contributed by atoms with Crippen molar-refractivity contribution >= 4 is 11.9 Å². The lowest BCUT2D eigenvalue weighted by atomic mass is 9.92. The molecule has 0 bridgehead atoms. The fraction of sp³-hybridized carbons (Fsp3) is 0.529. The smallest absolute Gasteiger partial charge is 0.406 e. The predicted octanol–water partition coefficient (Wildman–Crippen LogP) is 2.80. The molecule has 1 amide bonds. The van der Waals surface area contributed by atoms with Crippen molar-refractivity contribution in [3.63, 3.8) is 0 Å². The molecule has 0 saturated heterocycles. The maximum atomic E-state index is 12.8. The van der Waals surface area contributed by atoms with E-state index in [-0.39, 0.29) is 25.1 Å². The first-order valence-corrected chi connectivity index (χ1v) is 7.92. The number of rotatable bonds is 5. The minimum absolute atomic E-state index is 0.0534. The van der Waals surface area contributed by atoms with Crippen LogP contribution in [0.15, 0.2) is 18.2 Å². The third-order valence-corrected chi connectivity index (χ3v) is 4.21. The minimum Gasteiger partial charge on any atom is -0.508 e. The first-order valence-electron chi connectivity index (χ1n) is 7.92. The highest BCUT2D eigenvalue weighted by molar-refractivity contribution is 5.80. The Morgan fingerprint density at radius 2 is 2.08 bits per heavy atom. The van der Waals surface area contributed by atoms with Gasteiger partial charge in [-0.05, 0) is 42.5 Å². The molecule has 5 nitrogen and oxygen atoms in total. The van der Waals surface area contributed by atoms with Crippen molar-refractivity contribution in [1.82, 2.24) is 4.90 Å². The summed E-state index contributed by atoms with van der Waals surface area (Å²) in [4.78, 5) is 24.5. The summed E-state index contributed by atoms with van der Waals surface area (Å²) in [6, 6.07) is 4.47. The van der Waals surface area contributed by atoms with E-state index < -0.39 is 30.5 Å². The van der Waals surface area contributed by atoms with Gasteiger partial charge in [-0.25, -0.2) is 0 Å². The number of fused-ring (bicyclic) bond motifs is 1. The van der Waals surface area contributed by atoms with Crippen molar-refractivity contribution in [2.45, 2.75) is 38.4 Å². The maximum Gasteiger partial charge on any atom is 0.406 e. The Hall–Kier alpha value is -2.25. The third kappa shape index (κ3) is 5.37. The summed E-state index contributed by atoms with van der Waals surface area (Å²) in [6.45, 7) is -1.54. The number of nitrogens with zero attached hydrogens (tertiary/aromatic N) is 1. The zero-order valence-electron chi connectivity index (χ0n) is 13.8. The molecule has 0 radical (unpaired) electrons. The summed E-state index contributed by atoms with van der Waals surface area (Å²) in [6.07, 6.45) is -3.46. The lowest BCUT2D eigenvalue weighted by Gasteiger charge is -2.25. The van der Waals surface area contributed by atoms with E-state index in [2.05, 4.69) is 4.74 Å². The molecule has 1 aliphatic rings. The monoisotopic (exact) mass is 359 g/mol. The fourth-order valence-corrected chi connectivity index (χ4v) is 3.02. The van der Waals surface area contributed by atoms with Gasteiger partial charge in [0.05, 0.1) is 7.11 Å². The van der Waals surface area contributed by atoms with E-state index >= 15 is 0 Å². The number of alkyl halides is 3. The Morgan fingerprint density at radius 3 is 2.72 bits per heavy atom. The Kier molecular flexibility index (Phi) is 5.92. The van der Waals surface area contributed by atoms with Crippen molar-refractivity contribution in [2.24, 2.45) is 5.92 Å². The zero-order valence-corrected chi connectivity index (χ0v) is 13.8. The number of methoxy groups -OCH3 is 1. The molecule has 25 heavy (non-hydrogen) atoms. The van der Waals surface area contributed by atoms with E-state index in [0.717, 1.165) is 10.5 Å². The van der Waals surface area contributed by atoms with Crippen LogP contribution < -0.4 is 0 Å². The summed E-state index contributed by atoms with van der Waals surface area (Å²) in [5.41, 5.74) is 1.24. The second-order valence-electron chi connectivity index (χ2n) is 6.13. The molecule has 0 aromatic heterocycles. The molecule has 0 spiro atoms. The number of phenols is 1. The number of benzene rings is 1. The number of carbonyl (C=O) groups excluding carboxylic acids is 2. The molecule has 138 valence electrons. The number of ether oxygens (including phenoxy) is 1. The average molecular weight is 359 g/mol. The van der Waals surface area contributed by atoms with Gasteiger partial charge in [-0.1, -0.05) is 6.07 Å². The normalized spacial score (nSPS) is 17.8. The van der Waals surface area contributed by atoms with Crippen molar-refractivity contribution < 1.29 is 32.6 Å². The summed E-state index contributed by atoms with van der Waals surface area (Å²) in [7, 11) is 1.26. The van der Waals surface area contributed by atoms with Crippen LogP contribution in [-0.4, -0.2) is 41.7 Å². The lowest BCUT2D eigenvalue weighted by Crippen LogP contribution is -2.40. The van der Waals surface area contributed by atoms with Gasteiger partial charge in [0.25, 0.3) is 0 Å². The molecule has 1 unspecified atom stereocenters. The Bertz CT molecular complexity index is 645. The van der Waals surface area contributed by atoms with Crippen LogP contribution in [0.4, 0.5) is 13.2 Å². The molecule has 1 aliphatic heterocycles. The molecule has 1 aromatic carbocycles. The van der Waals surface area contributed by atoms with Crippen LogP contribution in [0.1, 0.15) is 30.4 Å². The van der Waals surface area contributed by atoms with Crippen LogP contribution in [0.25, 0.3) is 0 Å². The van der Waals surface area contributed by atoms with Gasteiger partial charge in [0.2, 0.25) is 5.91 Å². The number of carbonyl (C=O) groups is 2. The molecule has 2 rings (SSSR count). The van der Waals surface area contributed by atoms with Gasteiger partial charge in [0.15, 0.2) is 0 Å². The number of halogens is 3. The number of hydrogen-bond donors (Lipinski definition) is 1. The van der Waals surface area contributed by atoms with E-state index in [0.29, 0.717) is 18.4 Å². The third-order valence-electron chi connectivity index (χ3n) is 4.21. The lowest BCUT2D eigenvalue weighted by molar-refractivity contribution is -0.164. The first-order chi connectivity index (χ1) is 11.7. The van der Waals surface area contributed by atoms with E-state index in [1.165, 1.54) is 19.2 Å². The van der Waals surface area contributed by atoms with Gasteiger partial charge in [-0.3, -0.25) is 9.59 Å². The minimum atomic E-state index is -4.51. The highest BCUT2D eigenvalue weighted by Gasteiger charge is 2.37. The van der Waals surface area contributed by atoms with E-state index in [1.54, 1.807) is 6.07 Å². The van der Waals surface area contributed by atoms with Crippen molar-refractivity contribution in [1.29, 1.82) is 0 Å². The van der Waals surface area contributed by atoms with Crippen LogP contribution in [0.3, 0.4) is 0 Å². The van der Waals surface area contributed by atoms with Crippen molar-refractivity contribution in [3.05, 3.63) is 29.3 Å². The molecule has 0 aliphatic carbocycles. The molecule has 0 saturated carbocycles. The fourth-order valence-electron chi connectivity index (χ4n) is 3.02. The SMILES string of the molecule is COC(=O)CCCC1Cc2ccc(O)cc2CN(CC(F)(F)F)C1=O. The molecule has 1 aromatic rings. The summed E-state index contributed by atoms with van der Waals surface area (Å²) < 4.78 is 43.0. The largest absolute Gasteiger partial charge is 0.508 e. The van der Waals surface area contributed by atoms with Crippen LogP contribution in [0.2, 0.25) is 0 Å². The zero-order chi connectivity index (χ0) is 18.6. The summed E-state index contributed by atoms with van der Waals surface area (Å²) >= 11 is 0. The van der Waals surface area contributed by atoms with Crippen molar-refractivity contribution in [2.75, 3.05) is 13.7 Å². The summed E-state index contributed by atoms with van der Waals surface area (Å²) in [5, 5.41) is 9.58. The maximum absolute atomic E-state index is 12.8. The van der Waals surface area contributed by atoms with Crippen molar-refractivity contribution in [3.8, 4) is 5.75 Å². The second kappa shape index (κ2) is 7.76. The number of hydrogen-bond acceptors (Lipinski definition) is 4. The molecule has 1 atom stereocenters. The van der Waals surface area contributed by atoms with Gasteiger partial charge >= 0.3 is 12.1 Å². The highest BCUT2D eigenvalue weighted by Crippen LogP contribution is 2.30. The molecule has 8 heteroatoms. The van der Waals surface area contributed by atoms with E-state index in [1.807, 2.05) is 0 Å². The average Bonchev–Trinajstić information content (AvgIpc) is 2.64. The van der Waals surface area contributed by atoms with Crippen LogP contribution >= 0.6 is 0 Å². The Balaban J connectivity index is 2.21. The molecule has 1 N–H and O–H groups in total. The van der Waals surface area contributed by atoms with Crippen LogP contribution in [0, 0.1) is 5.92 Å². The molecule has 0 fully saturated rings. The van der Waals surface area contributed by atoms with E-state index in [4.69, 9.17) is 0 Å². The summed E-state index contributed by atoms with van der Waals surface area (Å²) in [5.74, 6) is -1.70. The Morgan fingerprint density at radius 1 is 1.36 bits per heavy atom. The standard InChI is InChI=1S/C17H20F3NO4/c1-25-15(23)4-2-3-12-7-11-5-6-14(22)8-13(11)9-21(16(12)24)10-17(18,19)20/h5-6,8,12,22H,2-4,7,9-10H2,1H3. The number of aromatic hydroxyl groups is 1. The van der Waals surface area contributed by atoms with Crippen LogP contribution in [-0.2, 0) is 27.3 Å². The quantitative estimate of drug-likeness (QED) is 0.821. The molecular weight excluding hydrogens is 339 g/mol. The van der Waals surface area contributed by atoms with Gasteiger partial charge in [0, 0.05) is 18.9 Å². The first kappa shape index (κ1) is 19.1. The Labute approximate surface area is 143 Å². The van der Waals surface area contributed by atoms with E-state index in [9.17, 15) is 27.9 Å². The highest BCUT2D eigenvalue weighted by atomic mass is 19.4. The second-order valence-corrected chi connectivity index (χ2v) is 6.13. The number of phenolic OH excluding ortho intramolecular Hbond substituents is 1. The topological polar surface area (TPSA) is 66.8 Å². The van der Waals surface area contributed by atoms with Crippen LogP contribution in [0.5, 0.6) is 5.75 Å². The molecule has 1 heterocycles. The number of amides is 1. The van der Waals surface area contributed by atoms with Gasteiger partial charge < -0.3 is 14.7 Å². The molecular formula is C17H20F3NO4.